The molecule has 4 aromatic rings. The van der Waals surface area contributed by atoms with Crippen molar-refractivity contribution in [3.05, 3.63) is 113 Å². The summed E-state index contributed by atoms with van der Waals surface area (Å²) in [4.78, 5) is 29.7. The Kier molecular flexibility index (Phi) is 11.2. The van der Waals surface area contributed by atoms with E-state index >= 15 is 0 Å². The lowest BCUT2D eigenvalue weighted by Crippen LogP contribution is -2.67. The number of benzene rings is 3. The average molecular weight is 726 g/mol. The summed E-state index contributed by atoms with van der Waals surface area (Å²) in [6.45, 7) is 17.2. The summed E-state index contributed by atoms with van der Waals surface area (Å²) in [6.07, 6.45) is 1.23. The number of halogens is 1. The molecule has 2 aliphatic rings. The third kappa shape index (κ3) is 8.49. The van der Waals surface area contributed by atoms with Crippen molar-refractivity contribution >= 4 is 42.2 Å². The second kappa shape index (κ2) is 15.5. The van der Waals surface area contributed by atoms with Crippen LogP contribution in [0, 0.1) is 0 Å². The van der Waals surface area contributed by atoms with Crippen LogP contribution in [0.15, 0.2) is 91.0 Å². The minimum Gasteiger partial charge on any atom is -0.444 e. The van der Waals surface area contributed by atoms with Crippen molar-refractivity contribution in [3.63, 3.8) is 0 Å². The molecule has 2 aliphatic heterocycles. The van der Waals surface area contributed by atoms with Crippen LogP contribution >= 0.6 is 11.6 Å². The molecule has 51 heavy (non-hydrogen) atoms. The SMILES string of the molecule is CC(C)(C)OC(=O)N1CCN(c2nc(Cl)nc3c2CCN(Cc2ccccc2)C3)[C@@H](CCO[Si](c2ccccc2)(c2ccccc2)C(C)(C)C)C1. The van der Waals surface area contributed by atoms with Crippen molar-refractivity contribution in [2.75, 3.05) is 37.7 Å². The molecule has 0 saturated carbocycles. The summed E-state index contributed by atoms with van der Waals surface area (Å²) in [5.74, 6) is 0.878. The molecular formula is C41H52ClN5O3Si. The molecule has 0 N–H and O–H groups in total. The number of hydrogen-bond donors (Lipinski definition) is 0. The van der Waals surface area contributed by atoms with Crippen LogP contribution in [0.5, 0.6) is 0 Å². The normalized spacial score (nSPS) is 17.3. The predicted octanol–water partition coefficient (Wildman–Crippen LogP) is 7.08. The van der Waals surface area contributed by atoms with Crippen molar-refractivity contribution in [2.45, 2.75) is 84.2 Å². The fourth-order valence-corrected chi connectivity index (χ4v) is 12.4. The van der Waals surface area contributed by atoms with Gasteiger partial charge >= 0.3 is 6.09 Å². The number of fused-ring (bicyclic) bond motifs is 1. The summed E-state index contributed by atoms with van der Waals surface area (Å²) in [5, 5.41) is 2.60. The van der Waals surface area contributed by atoms with E-state index in [0.717, 1.165) is 36.6 Å². The van der Waals surface area contributed by atoms with Gasteiger partial charge in [0.25, 0.3) is 8.32 Å². The molecule has 1 atom stereocenters. The van der Waals surface area contributed by atoms with Crippen LogP contribution in [0.3, 0.4) is 0 Å². The largest absolute Gasteiger partial charge is 0.444 e. The van der Waals surface area contributed by atoms with Gasteiger partial charge in [-0.3, -0.25) is 4.90 Å². The van der Waals surface area contributed by atoms with Crippen LogP contribution in [0.25, 0.3) is 0 Å². The number of aromatic nitrogens is 2. The highest BCUT2D eigenvalue weighted by Gasteiger charge is 2.50. The van der Waals surface area contributed by atoms with E-state index in [1.54, 1.807) is 0 Å². The maximum absolute atomic E-state index is 13.4. The van der Waals surface area contributed by atoms with E-state index in [0.29, 0.717) is 39.2 Å². The van der Waals surface area contributed by atoms with Gasteiger partial charge in [-0.25, -0.2) is 14.8 Å². The van der Waals surface area contributed by atoms with Gasteiger partial charge in [0.2, 0.25) is 5.28 Å². The van der Waals surface area contributed by atoms with E-state index in [1.807, 2.05) is 31.7 Å². The van der Waals surface area contributed by atoms with Crippen molar-refractivity contribution in [3.8, 4) is 0 Å². The summed E-state index contributed by atoms with van der Waals surface area (Å²) < 4.78 is 13.2. The molecule has 1 saturated heterocycles. The third-order valence-electron chi connectivity index (χ3n) is 9.94. The van der Waals surface area contributed by atoms with Crippen molar-refractivity contribution in [2.24, 2.45) is 0 Å². The third-order valence-corrected chi connectivity index (χ3v) is 15.1. The molecule has 0 bridgehead atoms. The number of anilines is 1. The topological polar surface area (TPSA) is 71.0 Å². The number of nitrogens with zero attached hydrogens (tertiary/aromatic N) is 5. The smallest absolute Gasteiger partial charge is 0.410 e. The van der Waals surface area contributed by atoms with E-state index in [9.17, 15) is 4.79 Å². The molecule has 1 fully saturated rings. The molecule has 0 radical (unpaired) electrons. The Labute approximate surface area is 309 Å². The van der Waals surface area contributed by atoms with Crippen molar-refractivity contribution in [1.82, 2.24) is 19.8 Å². The minimum absolute atomic E-state index is 0.0677. The Balaban J connectivity index is 1.30. The fourth-order valence-electron chi connectivity index (χ4n) is 7.63. The number of ether oxygens (including phenoxy) is 1. The Hall–Kier alpha value is -3.76. The van der Waals surface area contributed by atoms with Gasteiger partial charge < -0.3 is 19.0 Å². The molecule has 0 unspecified atom stereocenters. The Morgan fingerprint density at radius 2 is 1.45 bits per heavy atom. The molecule has 0 spiro atoms. The average Bonchev–Trinajstić information content (AvgIpc) is 3.09. The molecule has 8 nitrogen and oxygen atoms in total. The molecule has 3 heterocycles. The second-order valence-electron chi connectivity index (χ2n) is 15.8. The second-order valence-corrected chi connectivity index (χ2v) is 20.4. The van der Waals surface area contributed by atoms with Crippen LogP contribution in [0.2, 0.25) is 10.3 Å². The number of piperazine rings is 1. The lowest BCUT2D eigenvalue weighted by molar-refractivity contribution is 0.0207. The van der Waals surface area contributed by atoms with Gasteiger partial charge in [-0.05, 0) is 66.2 Å². The van der Waals surface area contributed by atoms with E-state index in [1.165, 1.54) is 15.9 Å². The van der Waals surface area contributed by atoms with E-state index in [2.05, 4.69) is 116 Å². The molecule has 270 valence electrons. The van der Waals surface area contributed by atoms with Gasteiger partial charge in [0.15, 0.2) is 0 Å². The molecule has 1 aromatic heterocycles. The number of rotatable bonds is 9. The van der Waals surface area contributed by atoms with Crippen LogP contribution < -0.4 is 15.3 Å². The highest BCUT2D eigenvalue weighted by Crippen LogP contribution is 2.37. The monoisotopic (exact) mass is 725 g/mol. The summed E-state index contributed by atoms with van der Waals surface area (Å²) >= 11 is 6.69. The lowest BCUT2D eigenvalue weighted by Gasteiger charge is -2.45. The fraction of sp³-hybridized carbons (Fsp3) is 0.439. The van der Waals surface area contributed by atoms with Crippen LogP contribution in [-0.4, -0.2) is 78.6 Å². The van der Waals surface area contributed by atoms with Gasteiger partial charge in [0, 0.05) is 51.4 Å². The first-order valence-corrected chi connectivity index (χ1v) is 20.4. The number of carbonyl (C=O) groups excluding carboxylic acids is 1. The standard InChI is InChI=1S/C41H52ClN5O3Si/c1-40(2,3)50-39(48)46-25-26-47(37-35-22-24-45(28-31-16-10-7-11-17-31)30-36(35)43-38(42)44-37)32(29-46)23-27-49-51(41(4,5)6,33-18-12-8-13-19-33)34-20-14-9-15-21-34/h7-21,32H,22-30H2,1-6H3/t32-/m0/s1. The zero-order valence-corrected chi connectivity index (χ0v) is 32.7. The molecule has 6 rings (SSSR count). The first-order valence-electron chi connectivity index (χ1n) is 18.2. The predicted molar refractivity (Wildman–Crippen MR) is 208 cm³/mol. The maximum atomic E-state index is 13.4. The van der Waals surface area contributed by atoms with E-state index in [-0.39, 0.29) is 22.5 Å². The zero-order chi connectivity index (χ0) is 36.2. The highest BCUT2D eigenvalue weighted by atomic mass is 35.5. The number of hydrogen-bond acceptors (Lipinski definition) is 7. The van der Waals surface area contributed by atoms with Gasteiger partial charge in [0.05, 0.1) is 11.7 Å². The van der Waals surface area contributed by atoms with Crippen molar-refractivity contribution in [1.29, 1.82) is 0 Å². The first-order chi connectivity index (χ1) is 24.3. The van der Waals surface area contributed by atoms with Gasteiger partial charge in [0.1, 0.15) is 11.4 Å². The van der Waals surface area contributed by atoms with E-state index in [4.69, 9.17) is 30.7 Å². The molecule has 1 amide bonds. The van der Waals surface area contributed by atoms with Gasteiger partial charge in [-0.15, -0.1) is 0 Å². The van der Waals surface area contributed by atoms with Crippen LogP contribution in [0.4, 0.5) is 10.6 Å². The summed E-state index contributed by atoms with van der Waals surface area (Å²) in [5.41, 5.74) is 2.82. The van der Waals surface area contributed by atoms with Crippen LogP contribution in [-0.2, 0) is 28.7 Å². The summed E-state index contributed by atoms with van der Waals surface area (Å²) in [7, 11) is -2.75. The zero-order valence-electron chi connectivity index (χ0n) is 30.9. The van der Waals surface area contributed by atoms with Gasteiger partial charge in [-0.2, -0.15) is 0 Å². The van der Waals surface area contributed by atoms with Gasteiger partial charge in [-0.1, -0.05) is 112 Å². The van der Waals surface area contributed by atoms with Crippen LogP contribution in [0.1, 0.15) is 64.8 Å². The molecule has 3 aromatic carbocycles. The Morgan fingerprint density at radius 3 is 2.04 bits per heavy atom. The Morgan fingerprint density at radius 1 is 0.843 bits per heavy atom. The number of carbonyl (C=O) groups is 1. The Bertz CT molecular complexity index is 1730. The molecule has 10 heteroatoms. The molecule has 0 aliphatic carbocycles. The van der Waals surface area contributed by atoms with Crippen molar-refractivity contribution < 1.29 is 14.0 Å². The quantitative estimate of drug-likeness (QED) is 0.135. The molecular weight excluding hydrogens is 674 g/mol. The minimum atomic E-state index is -2.75. The lowest BCUT2D eigenvalue weighted by atomic mass is 10.0. The van der Waals surface area contributed by atoms with E-state index < -0.39 is 13.9 Å². The highest BCUT2D eigenvalue weighted by molar-refractivity contribution is 6.99. The number of amides is 1. The summed E-state index contributed by atoms with van der Waals surface area (Å²) in [6, 6.07) is 31.9. The maximum Gasteiger partial charge on any atom is 0.410 e. The first kappa shape index (κ1) is 37.0.